The Kier molecular flexibility index (Phi) is 2.54. The summed E-state index contributed by atoms with van der Waals surface area (Å²) in [6, 6.07) is 0. The lowest BCUT2D eigenvalue weighted by Crippen LogP contribution is -2.03. The highest BCUT2D eigenvalue weighted by atomic mass is 16.5. The van der Waals surface area contributed by atoms with E-state index in [9.17, 15) is 4.79 Å². The minimum Gasteiger partial charge on any atom is -0.409 e. The van der Waals surface area contributed by atoms with Gasteiger partial charge in [-0.3, -0.25) is 5.41 Å². The summed E-state index contributed by atoms with van der Waals surface area (Å²) >= 11 is 0. The zero-order chi connectivity index (χ0) is 6.57. The van der Waals surface area contributed by atoms with Crippen molar-refractivity contribution in [1.29, 1.82) is 5.41 Å². The second-order valence-electron chi connectivity index (χ2n) is 1.18. The minimum absolute atomic E-state index is 0.116. The lowest BCUT2D eigenvalue weighted by atomic mass is 10.6. The van der Waals surface area contributed by atoms with Gasteiger partial charge in [-0.1, -0.05) is 6.58 Å². The van der Waals surface area contributed by atoms with E-state index in [0.717, 1.165) is 6.08 Å². The Labute approximate surface area is 47.5 Å². The van der Waals surface area contributed by atoms with Gasteiger partial charge in [0.15, 0.2) is 5.90 Å². The first kappa shape index (κ1) is 6.88. The number of hydrogen-bond acceptors (Lipinski definition) is 3. The van der Waals surface area contributed by atoms with Gasteiger partial charge in [-0.2, -0.15) is 0 Å². The summed E-state index contributed by atoms with van der Waals surface area (Å²) in [6.45, 7) is 4.52. The van der Waals surface area contributed by atoms with Crippen LogP contribution < -0.4 is 0 Å². The van der Waals surface area contributed by atoms with Crippen LogP contribution in [0.1, 0.15) is 6.92 Å². The van der Waals surface area contributed by atoms with Crippen LogP contribution in [0.3, 0.4) is 0 Å². The first-order valence-electron chi connectivity index (χ1n) is 2.06. The molecule has 0 saturated heterocycles. The van der Waals surface area contributed by atoms with Crippen LogP contribution in [0.15, 0.2) is 12.7 Å². The molecule has 0 aromatic rings. The van der Waals surface area contributed by atoms with Gasteiger partial charge in [0.05, 0.1) is 0 Å². The highest BCUT2D eigenvalue weighted by Crippen LogP contribution is 1.78. The van der Waals surface area contributed by atoms with Gasteiger partial charge in [0.1, 0.15) is 0 Å². The highest BCUT2D eigenvalue weighted by Gasteiger charge is 1.93. The van der Waals surface area contributed by atoms with Crippen LogP contribution in [0, 0.1) is 5.41 Å². The molecule has 0 atom stereocenters. The lowest BCUT2D eigenvalue weighted by molar-refractivity contribution is -0.130. The molecule has 0 saturated carbocycles. The molecular weight excluding hydrogens is 106 g/mol. The Morgan fingerprint density at radius 2 is 2.38 bits per heavy atom. The number of nitrogens with one attached hydrogen (secondary N) is 1. The van der Waals surface area contributed by atoms with E-state index in [1.807, 2.05) is 0 Å². The number of esters is 1. The van der Waals surface area contributed by atoms with Gasteiger partial charge in [0.2, 0.25) is 0 Å². The Bertz CT molecular complexity index is 128. The molecule has 0 aromatic carbocycles. The summed E-state index contributed by atoms with van der Waals surface area (Å²) in [4.78, 5) is 10.1. The fraction of sp³-hybridized carbons (Fsp3) is 0.200. The zero-order valence-corrected chi connectivity index (χ0v) is 4.60. The van der Waals surface area contributed by atoms with Gasteiger partial charge in [0, 0.05) is 13.0 Å². The maximum absolute atomic E-state index is 10.1. The van der Waals surface area contributed by atoms with Crippen molar-refractivity contribution >= 4 is 11.9 Å². The molecule has 0 aromatic heterocycles. The molecule has 0 heterocycles. The predicted molar refractivity (Wildman–Crippen MR) is 29.7 cm³/mol. The van der Waals surface area contributed by atoms with Crippen LogP contribution >= 0.6 is 0 Å². The van der Waals surface area contributed by atoms with E-state index in [1.165, 1.54) is 6.92 Å². The van der Waals surface area contributed by atoms with Crippen molar-refractivity contribution in [3.63, 3.8) is 0 Å². The Hall–Kier alpha value is -1.12. The third-order valence-electron chi connectivity index (χ3n) is 0.420. The second kappa shape index (κ2) is 2.96. The molecular formula is C5H7NO2. The largest absolute Gasteiger partial charge is 0.409 e. The van der Waals surface area contributed by atoms with E-state index in [2.05, 4.69) is 11.3 Å². The molecule has 0 radical (unpaired) electrons. The van der Waals surface area contributed by atoms with E-state index in [1.54, 1.807) is 0 Å². The van der Waals surface area contributed by atoms with Crippen LogP contribution in [0.5, 0.6) is 0 Å². The molecule has 0 fully saturated rings. The number of carbonyl (C=O) groups excluding carboxylic acids is 1. The number of rotatable bonds is 1. The number of hydrogen-bond donors (Lipinski definition) is 1. The molecule has 0 spiro atoms. The molecule has 0 amide bonds. The molecule has 0 aliphatic carbocycles. The summed E-state index contributed by atoms with van der Waals surface area (Å²) in [5.41, 5.74) is 0. The average molecular weight is 113 g/mol. The molecule has 0 aliphatic rings. The summed E-state index contributed by atoms with van der Waals surface area (Å²) in [6.07, 6.45) is 1.01. The summed E-state index contributed by atoms with van der Waals surface area (Å²) in [7, 11) is 0. The Morgan fingerprint density at radius 1 is 1.88 bits per heavy atom. The van der Waals surface area contributed by atoms with Gasteiger partial charge in [-0.05, 0) is 0 Å². The van der Waals surface area contributed by atoms with Crippen LogP contribution in [0.25, 0.3) is 0 Å². The van der Waals surface area contributed by atoms with Crippen molar-refractivity contribution in [1.82, 2.24) is 0 Å². The van der Waals surface area contributed by atoms with Crippen LogP contribution in [-0.4, -0.2) is 11.9 Å². The second-order valence-corrected chi connectivity index (χ2v) is 1.18. The quantitative estimate of drug-likeness (QED) is 0.235. The van der Waals surface area contributed by atoms with Gasteiger partial charge < -0.3 is 4.74 Å². The molecule has 0 rings (SSSR count). The summed E-state index contributed by atoms with van der Waals surface area (Å²) < 4.78 is 4.23. The predicted octanol–water partition coefficient (Wildman–Crippen LogP) is 0.713. The monoisotopic (exact) mass is 113 g/mol. The molecule has 0 unspecified atom stereocenters. The van der Waals surface area contributed by atoms with Gasteiger partial charge in [-0.25, -0.2) is 4.79 Å². The Morgan fingerprint density at radius 3 is 2.50 bits per heavy atom. The third-order valence-corrected chi connectivity index (χ3v) is 0.420. The third kappa shape index (κ3) is 3.08. The van der Waals surface area contributed by atoms with E-state index in [0.29, 0.717) is 0 Å². The maximum Gasteiger partial charge on any atom is 0.336 e. The van der Waals surface area contributed by atoms with Crippen LogP contribution in [0.4, 0.5) is 0 Å². The summed E-state index contributed by atoms with van der Waals surface area (Å²) in [5.74, 6) is -0.701. The molecule has 3 nitrogen and oxygen atoms in total. The Balaban J connectivity index is 3.55. The van der Waals surface area contributed by atoms with E-state index in [4.69, 9.17) is 5.41 Å². The summed E-state index contributed by atoms with van der Waals surface area (Å²) in [5, 5.41) is 6.64. The molecule has 3 heteroatoms. The van der Waals surface area contributed by atoms with Gasteiger partial charge in [-0.15, -0.1) is 0 Å². The van der Waals surface area contributed by atoms with Gasteiger partial charge >= 0.3 is 5.97 Å². The molecule has 0 bridgehead atoms. The van der Waals surface area contributed by atoms with Gasteiger partial charge in [0.25, 0.3) is 0 Å². The smallest absolute Gasteiger partial charge is 0.336 e. The lowest BCUT2D eigenvalue weighted by Gasteiger charge is -1.92. The molecule has 8 heavy (non-hydrogen) atoms. The maximum atomic E-state index is 10.1. The van der Waals surface area contributed by atoms with Crippen molar-refractivity contribution in [2.24, 2.45) is 0 Å². The average Bonchev–Trinajstić information content (AvgIpc) is 1.65. The van der Waals surface area contributed by atoms with Crippen molar-refractivity contribution in [2.45, 2.75) is 6.92 Å². The van der Waals surface area contributed by atoms with Crippen molar-refractivity contribution < 1.29 is 9.53 Å². The van der Waals surface area contributed by atoms with E-state index in [-0.39, 0.29) is 5.90 Å². The SMILES string of the molecule is C=CC(=O)OC(C)=N. The molecule has 1 N–H and O–H groups in total. The van der Waals surface area contributed by atoms with Crippen LogP contribution in [-0.2, 0) is 9.53 Å². The standard InChI is InChI=1S/C5H7NO2/c1-3-5(7)8-4(2)6/h3,6H,1H2,2H3. The number of carbonyl (C=O) groups is 1. The zero-order valence-electron chi connectivity index (χ0n) is 4.60. The first-order chi connectivity index (χ1) is 3.66. The number of ether oxygens (including phenoxy) is 1. The highest BCUT2D eigenvalue weighted by molar-refractivity contribution is 5.91. The van der Waals surface area contributed by atoms with Crippen LogP contribution in [0.2, 0.25) is 0 Å². The first-order valence-corrected chi connectivity index (χ1v) is 2.06. The minimum atomic E-state index is -0.586. The fourth-order valence-corrected chi connectivity index (χ4v) is 0.193. The fourth-order valence-electron chi connectivity index (χ4n) is 0.193. The van der Waals surface area contributed by atoms with E-state index < -0.39 is 5.97 Å². The molecule has 0 aliphatic heterocycles. The van der Waals surface area contributed by atoms with E-state index >= 15 is 0 Å². The van der Waals surface area contributed by atoms with Crippen molar-refractivity contribution in [3.8, 4) is 0 Å². The van der Waals surface area contributed by atoms with Crippen molar-refractivity contribution in [3.05, 3.63) is 12.7 Å². The van der Waals surface area contributed by atoms with Crippen molar-refractivity contribution in [2.75, 3.05) is 0 Å². The normalized spacial score (nSPS) is 7.62. The topological polar surface area (TPSA) is 50.2 Å². The molecule has 44 valence electrons.